The summed E-state index contributed by atoms with van der Waals surface area (Å²) in [6.07, 6.45) is -1.86. The van der Waals surface area contributed by atoms with Gasteiger partial charge in [0, 0.05) is 12.7 Å². The van der Waals surface area contributed by atoms with Gasteiger partial charge >= 0.3 is 11.9 Å². The van der Waals surface area contributed by atoms with E-state index in [0.717, 1.165) is 4.90 Å². The molecule has 7 heteroatoms. The van der Waals surface area contributed by atoms with Gasteiger partial charge in [0.15, 0.2) is 5.60 Å². The lowest BCUT2D eigenvalue weighted by Gasteiger charge is -2.24. The smallest absolute Gasteiger partial charge is 0.336 e. The highest BCUT2D eigenvalue weighted by Crippen LogP contribution is 2.20. The van der Waals surface area contributed by atoms with Crippen molar-refractivity contribution in [3.63, 3.8) is 0 Å². The Kier molecular flexibility index (Phi) is 4.82. The van der Waals surface area contributed by atoms with Gasteiger partial charge < -0.3 is 20.2 Å². The highest BCUT2D eigenvalue weighted by atomic mass is 16.4. The van der Waals surface area contributed by atoms with Gasteiger partial charge in [-0.2, -0.15) is 0 Å². The first kappa shape index (κ1) is 15.6. The Labute approximate surface area is 115 Å². The molecule has 7 nitrogen and oxygen atoms in total. The summed E-state index contributed by atoms with van der Waals surface area (Å²) in [6, 6.07) is 8.41. The van der Waals surface area contributed by atoms with Crippen molar-refractivity contribution in [3.05, 3.63) is 30.3 Å². The van der Waals surface area contributed by atoms with Crippen molar-refractivity contribution < 1.29 is 29.7 Å². The summed E-state index contributed by atoms with van der Waals surface area (Å²) in [4.78, 5) is 34.7. The predicted octanol–water partition coefficient (Wildman–Crippen LogP) is 0.330. The number of hydrogen-bond donors (Lipinski definition) is 3. The van der Waals surface area contributed by atoms with Gasteiger partial charge in [0.1, 0.15) is 0 Å². The molecule has 0 aliphatic rings. The zero-order valence-corrected chi connectivity index (χ0v) is 10.8. The molecule has 1 amide bonds. The first-order valence-electron chi connectivity index (χ1n) is 5.75. The standard InChI is InChI=1S/C13H15NO6/c1-14(9-5-3-2-4-6-9)10(15)7-13(20,12(18)19)8-11(16)17/h2-6,20H,7-8H2,1H3,(H,16,17)(H,18,19). The van der Waals surface area contributed by atoms with E-state index in [2.05, 4.69) is 0 Å². The van der Waals surface area contributed by atoms with E-state index in [0.29, 0.717) is 5.69 Å². The molecule has 20 heavy (non-hydrogen) atoms. The number of carboxylic acids is 2. The van der Waals surface area contributed by atoms with E-state index in [1.807, 2.05) is 0 Å². The van der Waals surface area contributed by atoms with E-state index in [1.54, 1.807) is 30.3 Å². The van der Waals surface area contributed by atoms with Crippen LogP contribution < -0.4 is 4.90 Å². The maximum Gasteiger partial charge on any atom is 0.336 e. The maximum absolute atomic E-state index is 12.0. The molecule has 0 bridgehead atoms. The summed E-state index contributed by atoms with van der Waals surface area (Å²) >= 11 is 0. The van der Waals surface area contributed by atoms with E-state index in [4.69, 9.17) is 10.2 Å². The van der Waals surface area contributed by atoms with Crippen molar-refractivity contribution in [2.24, 2.45) is 0 Å². The molecule has 1 atom stereocenters. The van der Waals surface area contributed by atoms with E-state index in [-0.39, 0.29) is 0 Å². The molecule has 0 saturated heterocycles. The van der Waals surface area contributed by atoms with Gasteiger partial charge in [0.05, 0.1) is 12.8 Å². The quantitative estimate of drug-likeness (QED) is 0.692. The van der Waals surface area contributed by atoms with Crippen LogP contribution in [0.1, 0.15) is 12.8 Å². The number of benzene rings is 1. The van der Waals surface area contributed by atoms with E-state index in [1.165, 1.54) is 7.05 Å². The molecule has 1 aromatic rings. The normalized spacial score (nSPS) is 13.3. The second-order valence-electron chi connectivity index (χ2n) is 4.37. The molecule has 1 rings (SSSR count). The number of aliphatic carboxylic acids is 2. The van der Waals surface area contributed by atoms with Crippen LogP contribution in [0.4, 0.5) is 5.69 Å². The minimum atomic E-state index is -2.62. The third-order valence-corrected chi connectivity index (χ3v) is 2.80. The Balaban J connectivity index is 2.87. The van der Waals surface area contributed by atoms with E-state index in [9.17, 15) is 19.5 Å². The Bertz CT molecular complexity index is 515. The number of para-hydroxylation sites is 1. The lowest BCUT2D eigenvalue weighted by Crippen LogP contribution is -2.45. The molecular weight excluding hydrogens is 266 g/mol. The SMILES string of the molecule is CN(C(=O)CC(O)(CC(=O)O)C(=O)O)c1ccccc1. The van der Waals surface area contributed by atoms with Crippen LogP contribution in [0.25, 0.3) is 0 Å². The van der Waals surface area contributed by atoms with Crippen molar-refractivity contribution in [3.8, 4) is 0 Å². The number of carbonyl (C=O) groups is 3. The molecule has 0 fully saturated rings. The molecule has 0 aromatic heterocycles. The summed E-state index contributed by atoms with van der Waals surface area (Å²) < 4.78 is 0. The summed E-state index contributed by atoms with van der Waals surface area (Å²) in [5, 5.41) is 27.3. The molecule has 1 unspecified atom stereocenters. The highest BCUT2D eigenvalue weighted by Gasteiger charge is 2.41. The Morgan fingerprint density at radius 3 is 2.10 bits per heavy atom. The van der Waals surface area contributed by atoms with Crippen LogP contribution >= 0.6 is 0 Å². The van der Waals surface area contributed by atoms with Crippen LogP contribution in [0, 0.1) is 0 Å². The molecule has 0 spiro atoms. The van der Waals surface area contributed by atoms with Crippen LogP contribution in [-0.4, -0.2) is 45.8 Å². The molecular formula is C13H15NO6. The second-order valence-corrected chi connectivity index (χ2v) is 4.37. The van der Waals surface area contributed by atoms with Crippen LogP contribution in [0.3, 0.4) is 0 Å². The molecule has 0 saturated carbocycles. The van der Waals surface area contributed by atoms with Gasteiger partial charge in [-0.25, -0.2) is 4.79 Å². The van der Waals surface area contributed by atoms with Crippen molar-refractivity contribution in [1.29, 1.82) is 0 Å². The average Bonchev–Trinajstić information content (AvgIpc) is 2.37. The van der Waals surface area contributed by atoms with Crippen LogP contribution in [-0.2, 0) is 14.4 Å². The fourth-order valence-electron chi connectivity index (χ4n) is 1.63. The number of amides is 1. The summed E-state index contributed by atoms with van der Waals surface area (Å²) in [7, 11) is 1.42. The van der Waals surface area contributed by atoms with E-state index >= 15 is 0 Å². The van der Waals surface area contributed by atoms with Crippen molar-refractivity contribution in [2.75, 3.05) is 11.9 Å². The van der Waals surface area contributed by atoms with Gasteiger partial charge in [-0.3, -0.25) is 9.59 Å². The first-order valence-corrected chi connectivity index (χ1v) is 5.75. The molecule has 0 heterocycles. The lowest BCUT2D eigenvalue weighted by molar-refractivity contribution is -0.167. The molecule has 0 aliphatic heterocycles. The Morgan fingerprint density at radius 2 is 1.65 bits per heavy atom. The minimum absolute atomic E-state index is 0.514. The third kappa shape index (κ3) is 3.79. The zero-order valence-electron chi connectivity index (χ0n) is 10.8. The van der Waals surface area contributed by atoms with Crippen molar-refractivity contribution >= 4 is 23.5 Å². The summed E-state index contributed by atoms with van der Waals surface area (Å²) in [5.74, 6) is -3.93. The average molecular weight is 281 g/mol. The molecule has 1 aromatic carbocycles. The number of anilines is 1. The van der Waals surface area contributed by atoms with Gasteiger partial charge in [-0.05, 0) is 12.1 Å². The van der Waals surface area contributed by atoms with Crippen LogP contribution in [0.2, 0.25) is 0 Å². The summed E-state index contributed by atoms with van der Waals surface area (Å²) in [6.45, 7) is 0. The Morgan fingerprint density at radius 1 is 1.10 bits per heavy atom. The summed E-state index contributed by atoms with van der Waals surface area (Å²) in [5.41, 5.74) is -2.10. The number of carbonyl (C=O) groups excluding carboxylic acids is 1. The zero-order chi connectivity index (χ0) is 15.3. The first-order chi connectivity index (χ1) is 9.26. The number of aliphatic hydroxyl groups is 1. The van der Waals surface area contributed by atoms with Crippen molar-refractivity contribution in [1.82, 2.24) is 0 Å². The topological polar surface area (TPSA) is 115 Å². The maximum atomic E-state index is 12.0. The fraction of sp³-hybridized carbons (Fsp3) is 0.308. The fourth-order valence-corrected chi connectivity index (χ4v) is 1.63. The number of hydrogen-bond acceptors (Lipinski definition) is 4. The monoisotopic (exact) mass is 281 g/mol. The van der Waals surface area contributed by atoms with Crippen molar-refractivity contribution in [2.45, 2.75) is 18.4 Å². The molecule has 0 aliphatic carbocycles. The molecule has 0 radical (unpaired) electrons. The molecule has 108 valence electrons. The second kappa shape index (κ2) is 6.16. The van der Waals surface area contributed by atoms with Gasteiger partial charge in [-0.15, -0.1) is 0 Å². The molecule has 3 N–H and O–H groups in total. The number of nitrogens with zero attached hydrogens (tertiary/aromatic N) is 1. The highest BCUT2D eigenvalue weighted by molar-refractivity contribution is 5.97. The van der Waals surface area contributed by atoms with Crippen LogP contribution in [0.15, 0.2) is 30.3 Å². The van der Waals surface area contributed by atoms with E-state index < -0.39 is 36.3 Å². The van der Waals surface area contributed by atoms with Crippen LogP contribution in [0.5, 0.6) is 0 Å². The van der Waals surface area contributed by atoms with Gasteiger partial charge in [0.2, 0.25) is 5.91 Å². The lowest BCUT2D eigenvalue weighted by atomic mass is 9.95. The van der Waals surface area contributed by atoms with Gasteiger partial charge in [-0.1, -0.05) is 18.2 Å². The van der Waals surface area contributed by atoms with Gasteiger partial charge in [0.25, 0.3) is 0 Å². The Hall–Kier alpha value is -2.41. The minimum Gasteiger partial charge on any atom is -0.481 e. The number of carboxylic acid groups (broad SMARTS) is 2. The largest absolute Gasteiger partial charge is 0.481 e. The predicted molar refractivity (Wildman–Crippen MR) is 69.3 cm³/mol. The number of rotatable bonds is 6. The third-order valence-electron chi connectivity index (χ3n) is 2.80.